The maximum atomic E-state index is 13.8. The summed E-state index contributed by atoms with van der Waals surface area (Å²) < 4.78 is 77.9. The number of ether oxygens (including phenoxy) is 4. The molecule has 0 saturated heterocycles. The van der Waals surface area contributed by atoms with Gasteiger partial charge in [0.25, 0.3) is 20.0 Å². The molecule has 0 radical (unpaired) electrons. The number of rotatable bonds is 13. The predicted octanol–water partition coefficient (Wildman–Crippen LogP) is 5.01. The SMILES string of the molecule is COc1ccc(NS(=O)(=O)c2ccc(NC(=O)CN(c3ccc(Cl)cc3)S(=O)(=O)c3ccc(OC)c(OC)c3)cc2)c(OC)c1. The van der Waals surface area contributed by atoms with E-state index in [2.05, 4.69) is 10.0 Å². The molecule has 0 spiro atoms. The number of halogens is 1. The summed E-state index contributed by atoms with van der Waals surface area (Å²) in [4.78, 5) is 12.9. The van der Waals surface area contributed by atoms with Crippen molar-refractivity contribution in [1.29, 1.82) is 0 Å². The van der Waals surface area contributed by atoms with Gasteiger partial charge in [-0.05, 0) is 72.8 Å². The standard InChI is InChI=1S/C30H30ClN3O9S2/c1-40-23-11-15-26(28(17-23)42-3)33-44(36,37)24-12-7-21(8-13-24)32-30(35)19-34(22-9-5-20(31)6-10-22)45(38,39)25-14-16-27(41-2)29(18-25)43-4/h5-18,33H,19H2,1-4H3,(H,32,35). The Kier molecular flexibility index (Phi) is 10.3. The first-order valence-corrected chi connectivity index (χ1v) is 16.4. The summed E-state index contributed by atoms with van der Waals surface area (Å²) in [6.45, 7) is -0.614. The number of sulfonamides is 2. The minimum absolute atomic E-state index is 0.0859. The Morgan fingerprint density at radius 2 is 1.33 bits per heavy atom. The molecule has 4 rings (SSSR count). The number of carbonyl (C=O) groups excluding carboxylic acids is 1. The van der Waals surface area contributed by atoms with Crippen LogP contribution in [0.2, 0.25) is 5.02 Å². The average molecular weight is 676 g/mol. The van der Waals surface area contributed by atoms with Gasteiger partial charge in [-0.2, -0.15) is 0 Å². The fourth-order valence-corrected chi connectivity index (χ4v) is 6.79. The molecule has 238 valence electrons. The van der Waals surface area contributed by atoms with Gasteiger partial charge >= 0.3 is 0 Å². The third-order valence-electron chi connectivity index (χ3n) is 6.45. The zero-order valence-corrected chi connectivity index (χ0v) is 27.0. The molecule has 1 amide bonds. The second kappa shape index (κ2) is 14.0. The van der Waals surface area contributed by atoms with Crippen molar-refractivity contribution in [3.63, 3.8) is 0 Å². The maximum absolute atomic E-state index is 13.8. The number of carbonyl (C=O) groups is 1. The highest BCUT2D eigenvalue weighted by molar-refractivity contribution is 7.93. The van der Waals surface area contributed by atoms with E-state index in [4.69, 9.17) is 30.5 Å². The predicted molar refractivity (Wildman–Crippen MR) is 171 cm³/mol. The van der Waals surface area contributed by atoms with E-state index in [9.17, 15) is 21.6 Å². The highest BCUT2D eigenvalue weighted by atomic mass is 35.5. The molecule has 0 fully saturated rings. The van der Waals surface area contributed by atoms with Crippen LogP contribution in [0.3, 0.4) is 0 Å². The van der Waals surface area contributed by atoms with E-state index in [0.29, 0.717) is 16.5 Å². The van der Waals surface area contributed by atoms with Crippen LogP contribution in [0.15, 0.2) is 94.7 Å². The van der Waals surface area contributed by atoms with Gasteiger partial charge in [-0.3, -0.25) is 13.8 Å². The molecule has 0 aliphatic rings. The van der Waals surface area contributed by atoms with E-state index >= 15 is 0 Å². The minimum Gasteiger partial charge on any atom is -0.497 e. The second-order valence-corrected chi connectivity index (χ2v) is 13.2. The fourth-order valence-electron chi connectivity index (χ4n) is 4.16. The first-order valence-electron chi connectivity index (χ1n) is 13.1. The van der Waals surface area contributed by atoms with E-state index in [1.54, 1.807) is 6.07 Å². The molecule has 0 saturated carbocycles. The normalized spacial score (nSPS) is 11.3. The van der Waals surface area contributed by atoms with Crippen molar-refractivity contribution in [3.8, 4) is 23.0 Å². The third kappa shape index (κ3) is 7.71. The van der Waals surface area contributed by atoms with Crippen LogP contribution in [0.4, 0.5) is 17.1 Å². The molecule has 0 atom stereocenters. The Morgan fingerprint density at radius 1 is 0.711 bits per heavy atom. The molecule has 0 aromatic heterocycles. The van der Waals surface area contributed by atoms with Crippen LogP contribution in [-0.2, 0) is 24.8 Å². The smallest absolute Gasteiger partial charge is 0.264 e. The van der Waals surface area contributed by atoms with Gasteiger partial charge in [-0.1, -0.05) is 11.6 Å². The van der Waals surface area contributed by atoms with Crippen molar-refractivity contribution in [2.45, 2.75) is 9.79 Å². The summed E-state index contributed by atoms with van der Waals surface area (Å²) in [5, 5.41) is 2.99. The molecule has 12 nitrogen and oxygen atoms in total. The lowest BCUT2D eigenvalue weighted by atomic mass is 10.3. The number of nitrogens with one attached hydrogen (secondary N) is 2. The summed E-state index contributed by atoms with van der Waals surface area (Å²) in [6, 6.07) is 20.0. The van der Waals surface area contributed by atoms with Crippen molar-refractivity contribution in [1.82, 2.24) is 0 Å². The lowest BCUT2D eigenvalue weighted by molar-refractivity contribution is -0.114. The molecular weight excluding hydrogens is 646 g/mol. The molecular formula is C30H30ClN3O9S2. The van der Waals surface area contributed by atoms with Gasteiger partial charge in [0.2, 0.25) is 5.91 Å². The van der Waals surface area contributed by atoms with Gasteiger partial charge in [0.1, 0.15) is 18.0 Å². The Bertz CT molecular complexity index is 1890. The van der Waals surface area contributed by atoms with Crippen LogP contribution in [0.5, 0.6) is 23.0 Å². The highest BCUT2D eigenvalue weighted by Crippen LogP contribution is 2.33. The van der Waals surface area contributed by atoms with Crippen molar-refractivity contribution in [3.05, 3.63) is 90.0 Å². The molecule has 0 aliphatic heterocycles. The third-order valence-corrected chi connectivity index (χ3v) is 9.85. The van der Waals surface area contributed by atoms with Crippen molar-refractivity contribution in [2.24, 2.45) is 0 Å². The molecule has 0 aliphatic carbocycles. The van der Waals surface area contributed by atoms with Crippen LogP contribution >= 0.6 is 11.6 Å². The van der Waals surface area contributed by atoms with Crippen LogP contribution in [-0.4, -0.2) is 57.7 Å². The van der Waals surface area contributed by atoms with Crippen LogP contribution in [0.25, 0.3) is 0 Å². The fraction of sp³-hybridized carbons (Fsp3) is 0.167. The van der Waals surface area contributed by atoms with E-state index in [1.807, 2.05) is 0 Å². The van der Waals surface area contributed by atoms with Gasteiger partial charge in [0.05, 0.1) is 49.6 Å². The highest BCUT2D eigenvalue weighted by Gasteiger charge is 2.28. The number of nitrogens with zero attached hydrogens (tertiary/aromatic N) is 1. The Labute approximate surface area is 266 Å². The molecule has 2 N–H and O–H groups in total. The molecule has 0 bridgehead atoms. The van der Waals surface area contributed by atoms with Crippen LogP contribution in [0, 0.1) is 0 Å². The number of benzene rings is 4. The van der Waals surface area contributed by atoms with Gasteiger partial charge in [0.15, 0.2) is 11.5 Å². The largest absolute Gasteiger partial charge is 0.497 e. The quantitative estimate of drug-likeness (QED) is 0.199. The molecule has 0 heterocycles. The molecule has 0 unspecified atom stereocenters. The number of methoxy groups -OCH3 is 4. The number of amides is 1. The molecule has 4 aromatic carbocycles. The lowest BCUT2D eigenvalue weighted by Gasteiger charge is -2.24. The van der Waals surface area contributed by atoms with Crippen LogP contribution < -0.4 is 33.3 Å². The van der Waals surface area contributed by atoms with Crippen LogP contribution in [0.1, 0.15) is 0 Å². The summed E-state index contributed by atoms with van der Waals surface area (Å²) in [5.74, 6) is 0.576. The Morgan fingerprint density at radius 3 is 1.93 bits per heavy atom. The number of hydrogen-bond donors (Lipinski definition) is 2. The van der Waals surface area contributed by atoms with Gasteiger partial charge in [-0.15, -0.1) is 0 Å². The lowest BCUT2D eigenvalue weighted by Crippen LogP contribution is -2.38. The number of hydrogen-bond acceptors (Lipinski definition) is 9. The summed E-state index contributed by atoms with van der Waals surface area (Å²) in [6.07, 6.45) is 0. The zero-order chi connectivity index (χ0) is 32.8. The van der Waals surface area contributed by atoms with E-state index in [-0.39, 0.29) is 38.4 Å². The van der Waals surface area contributed by atoms with E-state index in [0.717, 1.165) is 4.31 Å². The summed E-state index contributed by atoms with van der Waals surface area (Å²) in [7, 11) is -2.64. The van der Waals surface area contributed by atoms with Gasteiger partial charge < -0.3 is 24.3 Å². The van der Waals surface area contributed by atoms with E-state index in [1.165, 1.54) is 107 Å². The molecule has 45 heavy (non-hydrogen) atoms. The van der Waals surface area contributed by atoms with Crippen molar-refractivity contribution in [2.75, 3.05) is 49.3 Å². The van der Waals surface area contributed by atoms with Gasteiger partial charge in [0, 0.05) is 22.8 Å². The first kappa shape index (κ1) is 33.2. The zero-order valence-electron chi connectivity index (χ0n) is 24.6. The van der Waals surface area contributed by atoms with Gasteiger partial charge in [-0.25, -0.2) is 16.8 Å². The maximum Gasteiger partial charge on any atom is 0.264 e. The van der Waals surface area contributed by atoms with Crippen molar-refractivity contribution >= 4 is 54.6 Å². The second-order valence-electron chi connectivity index (χ2n) is 9.25. The molecule has 15 heteroatoms. The minimum atomic E-state index is -4.29. The summed E-state index contributed by atoms with van der Waals surface area (Å²) in [5.41, 5.74) is 0.625. The van der Waals surface area contributed by atoms with Crippen molar-refractivity contribution < 1.29 is 40.6 Å². The first-order chi connectivity index (χ1) is 21.4. The number of anilines is 3. The Balaban J connectivity index is 1.55. The topological polar surface area (TPSA) is 150 Å². The van der Waals surface area contributed by atoms with E-state index < -0.39 is 32.5 Å². The molecule has 4 aromatic rings. The Hall–Kier alpha value is -4.66. The summed E-state index contributed by atoms with van der Waals surface area (Å²) >= 11 is 6.01. The monoisotopic (exact) mass is 675 g/mol. The average Bonchev–Trinajstić information content (AvgIpc) is 3.04.